The van der Waals surface area contributed by atoms with Gasteiger partial charge in [-0.2, -0.15) is 15.0 Å². The number of nitrogens with zero attached hydrogens (tertiary/aromatic N) is 4. The maximum atomic E-state index is 12.8. The number of hydrogen-bond acceptors (Lipinski definition) is 6. The van der Waals surface area contributed by atoms with Crippen LogP contribution in [-0.2, 0) is 0 Å². The summed E-state index contributed by atoms with van der Waals surface area (Å²) >= 11 is 0. The van der Waals surface area contributed by atoms with Crippen LogP contribution in [0, 0.1) is 0 Å². The predicted octanol–water partition coefficient (Wildman–Crippen LogP) is 3.01. The van der Waals surface area contributed by atoms with Gasteiger partial charge in [-0.25, -0.2) is 13.8 Å². The first kappa shape index (κ1) is 16.9. The van der Waals surface area contributed by atoms with Crippen LogP contribution in [-0.4, -0.2) is 40.2 Å². The van der Waals surface area contributed by atoms with Crippen molar-refractivity contribution in [3.8, 4) is 6.01 Å². The number of nitrogens with one attached hydrogen (secondary N) is 1. The van der Waals surface area contributed by atoms with Crippen LogP contribution in [0.3, 0.4) is 0 Å². The Morgan fingerprint density at radius 2 is 2.10 bits per heavy atom. The fourth-order valence-corrected chi connectivity index (χ4v) is 1.32. The second-order valence-corrected chi connectivity index (χ2v) is 4.31. The van der Waals surface area contributed by atoms with Gasteiger partial charge in [-0.15, -0.1) is 0 Å². The van der Waals surface area contributed by atoms with Crippen LogP contribution in [0.15, 0.2) is 17.1 Å². The molecule has 0 bridgehead atoms. The molecule has 0 radical (unpaired) electrons. The highest BCUT2D eigenvalue weighted by atomic mass is 19.3. The average Bonchev–Trinajstić information content (AvgIpc) is 2.43. The first-order valence-corrected chi connectivity index (χ1v) is 6.52. The van der Waals surface area contributed by atoms with Crippen molar-refractivity contribution >= 4 is 17.6 Å². The van der Waals surface area contributed by atoms with Crippen molar-refractivity contribution in [3.63, 3.8) is 0 Å². The van der Waals surface area contributed by atoms with Crippen LogP contribution in [0.5, 0.6) is 6.01 Å². The highest BCUT2D eigenvalue weighted by molar-refractivity contribution is 5.95. The van der Waals surface area contributed by atoms with Crippen molar-refractivity contribution in [1.29, 1.82) is 0 Å². The lowest BCUT2D eigenvalue weighted by Gasteiger charge is -2.11. The summed E-state index contributed by atoms with van der Waals surface area (Å²) in [5.74, 6) is -2.65. The SMILES string of the molecule is C/C=C\C(CC)=Nc1nc(NC)nc(OCC(C)(F)F)n1. The molecule has 0 saturated carbocycles. The Morgan fingerprint density at radius 3 is 2.62 bits per heavy atom. The summed E-state index contributed by atoms with van der Waals surface area (Å²) in [6.45, 7) is 3.76. The maximum absolute atomic E-state index is 12.8. The molecule has 1 aromatic heterocycles. The Labute approximate surface area is 122 Å². The molecule has 116 valence electrons. The molecule has 1 rings (SSSR count). The van der Waals surface area contributed by atoms with Gasteiger partial charge in [-0.1, -0.05) is 13.0 Å². The lowest BCUT2D eigenvalue weighted by Crippen LogP contribution is -2.22. The van der Waals surface area contributed by atoms with Crippen molar-refractivity contribution < 1.29 is 13.5 Å². The van der Waals surface area contributed by atoms with E-state index in [2.05, 4.69) is 25.3 Å². The standard InChI is InChI=1S/C13H19F2N5O/c1-5-7-9(6-2)17-11-18-10(16-4)19-12(20-11)21-8-13(3,14)15/h5,7H,6,8H2,1-4H3,(H,16,18,19,20)/b7-5-,17-9?. The lowest BCUT2D eigenvalue weighted by atomic mass is 10.3. The van der Waals surface area contributed by atoms with Crippen LogP contribution < -0.4 is 10.1 Å². The van der Waals surface area contributed by atoms with Crippen LogP contribution in [0.25, 0.3) is 0 Å². The normalized spacial score (nSPS) is 12.8. The number of rotatable bonds is 7. The molecular weight excluding hydrogens is 280 g/mol. The number of ether oxygens (including phenoxy) is 1. The first-order chi connectivity index (χ1) is 9.87. The quantitative estimate of drug-likeness (QED) is 0.784. The molecular formula is C13H19F2N5O. The summed E-state index contributed by atoms with van der Waals surface area (Å²) in [6, 6.07) is -0.189. The molecule has 0 aromatic carbocycles. The van der Waals surface area contributed by atoms with Gasteiger partial charge in [0, 0.05) is 19.7 Å². The molecule has 8 heteroatoms. The topological polar surface area (TPSA) is 72.3 Å². The minimum atomic E-state index is -2.96. The second-order valence-electron chi connectivity index (χ2n) is 4.31. The third-order valence-corrected chi connectivity index (χ3v) is 2.25. The molecule has 0 aliphatic carbocycles. The van der Waals surface area contributed by atoms with Gasteiger partial charge in [-0.3, -0.25) is 0 Å². The zero-order valence-corrected chi connectivity index (χ0v) is 12.5. The summed E-state index contributed by atoms with van der Waals surface area (Å²) in [4.78, 5) is 16.1. The zero-order chi connectivity index (χ0) is 15.9. The van der Waals surface area contributed by atoms with Gasteiger partial charge in [0.2, 0.25) is 5.95 Å². The molecule has 0 amide bonds. The van der Waals surface area contributed by atoms with Gasteiger partial charge in [0.1, 0.15) is 0 Å². The molecule has 0 aliphatic rings. The average molecular weight is 299 g/mol. The van der Waals surface area contributed by atoms with E-state index in [1.807, 2.05) is 26.0 Å². The van der Waals surface area contributed by atoms with Crippen LogP contribution >= 0.6 is 0 Å². The van der Waals surface area contributed by atoms with Gasteiger partial charge in [0.25, 0.3) is 11.9 Å². The largest absolute Gasteiger partial charge is 0.457 e. The zero-order valence-electron chi connectivity index (χ0n) is 12.5. The van der Waals surface area contributed by atoms with E-state index < -0.39 is 12.5 Å². The second kappa shape index (κ2) is 7.61. The Bertz CT molecular complexity index is 526. The molecule has 1 heterocycles. The fraction of sp³-hybridized carbons (Fsp3) is 0.538. The Morgan fingerprint density at radius 1 is 1.38 bits per heavy atom. The smallest absolute Gasteiger partial charge is 0.323 e. The maximum Gasteiger partial charge on any atom is 0.323 e. The highest BCUT2D eigenvalue weighted by Crippen LogP contribution is 2.17. The van der Waals surface area contributed by atoms with Gasteiger partial charge in [0.05, 0.1) is 0 Å². The molecule has 0 atom stereocenters. The predicted molar refractivity (Wildman–Crippen MR) is 77.7 cm³/mol. The summed E-state index contributed by atoms with van der Waals surface area (Å²) in [6.07, 6.45) is 4.36. The van der Waals surface area contributed by atoms with E-state index >= 15 is 0 Å². The number of allylic oxidation sites excluding steroid dienone is 2. The van der Waals surface area contributed by atoms with E-state index in [1.54, 1.807) is 7.05 Å². The lowest BCUT2D eigenvalue weighted by molar-refractivity contribution is -0.0256. The Balaban J connectivity index is 3.04. The van der Waals surface area contributed by atoms with E-state index in [9.17, 15) is 8.78 Å². The number of hydrogen-bond donors (Lipinski definition) is 1. The minimum absolute atomic E-state index is 0.110. The van der Waals surface area contributed by atoms with Gasteiger partial charge >= 0.3 is 6.01 Å². The summed E-state index contributed by atoms with van der Waals surface area (Å²) in [5, 5.41) is 2.71. The minimum Gasteiger partial charge on any atom is -0.457 e. The number of aromatic nitrogens is 3. The monoisotopic (exact) mass is 299 g/mol. The van der Waals surface area contributed by atoms with Gasteiger partial charge in [-0.05, 0) is 19.4 Å². The molecule has 0 aliphatic heterocycles. The summed E-state index contributed by atoms with van der Waals surface area (Å²) < 4.78 is 30.5. The van der Waals surface area contributed by atoms with Gasteiger partial charge < -0.3 is 10.1 Å². The first-order valence-electron chi connectivity index (χ1n) is 6.52. The van der Waals surface area contributed by atoms with E-state index in [4.69, 9.17) is 4.74 Å². The summed E-state index contributed by atoms with van der Waals surface area (Å²) in [7, 11) is 1.60. The molecule has 0 spiro atoms. The van der Waals surface area contributed by atoms with Crippen LogP contribution in [0.4, 0.5) is 20.7 Å². The summed E-state index contributed by atoms with van der Waals surface area (Å²) in [5.41, 5.74) is 0.762. The van der Waals surface area contributed by atoms with Crippen LogP contribution in [0.1, 0.15) is 27.2 Å². The molecule has 1 aromatic rings. The molecule has 6 nitrogen and oxygen atoms in total. The van der Waals surface area contributed by atoms with Crippen LogP contribution in [0.2, 0.25) is 0 Å². The van der Waals surface area contributed by atoms with Gasteiger partial charge in [0.15, 0.2) is 6.61 Å². The number of halogens is 2. The van der Waals surface area contributed by atoms with E-state index in [0.717, 1.165) is 12.6 Å². The number of anilines is 1. The number of aliphatic imine (C=N–C) groups is 1. The van der Waals surface area contributed by atoms with Crippen molar-refractivity contribution in [2.24, 2.45) is 4.99 Å². The van der Waals surface area contributed by atoms with E-state index in [0.29, 0.717) is 6.42 Å². The Hall–Kier alpha value is -2.12. The molecule has 0 unspecified atom stereocenters. The Kier molecular flexibility index (Phi) is 6.13. The molecule has 21 heavy (non-hydrogen) atoms. The third kappa shape index (κ3) is 6.24. The fourth-order valence-electron chi connectivity index (χ4n) is 1.32. The van der Waals surface area contributed by atoms with E-state index in [1.165, 1.54) is 0 Å². The van der Waals surface area contributed by atoms with Crippen molar-refractivity contribution in [2.75, 3.05) is 19.0 Å². The third-order valence-electron chi connectivity index (χ3n) is 2.25. The molecule has 0 saturated heterocycles. The molecule has 0 fully saturated rings. The van der Waals surface area contributed by atoms with E-state index in [-0.39, 0.29) is 17.9 Å². The van der Waals surface area contributed by atoms with Crippen molar-refractivity contribution in [1.82, 2.24) is 15.0 Å². The molecule has 1 N–H and O–H groups in total. The highest BCUT2D eigenvalue weighted by Gasteiger charge is 2.23. The van der Waals surface area contributed by atoms with Crippen molar-refractivity contribution in [2.45, 2.75) is 33.1 Å². The number of alkyl halides is 2. The van der Waals surface area contributed by atoms with Crippen molar-refractivity contribution in [3.05, 3.63) is 12.2 Å².